The summed E-state index contributed by atoms with van der Waals surface area (Å²) in [7, 11) is 1.99. The van der Waals surface area contributed by atoms with Crippen molar-refractivity contribution in [3.63, 3.8) is 0 Å². The molecule has 0 N–H and O–H groups in total. The van der Waals surface area contributed by atoms with Crippen LogP contribution in [-0.4, -0.2) is 24.5 Å². The zero-order chi connectivity index (χ0) is 11.3. The van der Waals surface area contributed by atoms with Crippen molar-refractivity contribution in [2.24, 2.45) is 0 Å². The molecular formula is C13H18N2. The summed E-state index contributed by atoms with van der Waals surface area (Å²) in [6.45, 7) is 4.95. The lowest BCUT2D eigenvalue weighted by Crippen LogP contribution is -2.29. The monoisotopic (exact) mass is 202 g/mol. The van der Waals surface area contributed by atoms with E-state index in [9.17, 15) is 0 Å². The van der Waals surface area contributed by atoms with E-state index < -0.39 is 0 Å². The van der Waals surface area contributed by atoms with E-state index in [1.165, 1.54) is 11.1 Å². The third-order valence-electron chi connectivity index (χ3n) is 2.72. The summed E-state index contributed by atoms with van der Waals surface area (Å²) < 4.78 is 0. The first-order valence-electron chi connectivity index (χ1n) is 5.29. The van der Waals surface area contributed by atoms with Crippen molar-refractivity contribution in [2.75, 3.05) is 13.6 Å². The van der Waals surface area contributed by atoms with Crippen LogP contribution < -0.4 is 0 Å². The van der Waals surface area contributed by atoms with Crippen LogP contribution in [0.1, 0.15) is 18.1 Å². The van der Waals surface area contributed by atoms with Crippen LogP contribution in [0, 0.1) is 18.3 Å². The molecule has 0 radical (unpaired) electrons. The minimum absolute atomic E-state index is 0.00421. The first-order chi connectivity index (χ1) is 7.13. The highest BCUT2D eigenvalue weighted by Gasteiger charge is 2.06. The van der Waals surface area contributed by atoms with Crippen LogP contribution >= 0.6 is 0 Å². The molecule has 0 amide bonds. The van der Waals surface area contributed by atoms with Crippen molar-refractivity contribution in [1.29, 1.82) is 5.26 Å². The second-order valence-electron chi connectivity index (χ2n) is 4.02. The van der Waals surface area contributed by atoms with Gasteiger partial charge in [0.25, 0.3) is 0 Å². The Bertz CT molecular complexity index is 335. The largest absolute Gasteiger partial charge is 0.291 e. The number of rotatable bonds is 4. The number of nitrogens with zero attached hydrogens (tertiary/aromatic N) is 2. The van der Waals surface area contributed by atoms with Crippen LogP contribution in [-0.2, 0) is 6.42 Å². The molecule has 0 saturated carbocycles. The predicted molar refractivity (Wildman–Crippen MR) is 62.6 cm³/mol. The van der Waals surface area contributed by atoms with Gasteiger partial charge in [0.2, 0.25) is 0 Å². The summed E-state index contributed by atoms with van der Waals surface area (Å²) in [5.41, 5.74) is 2.62. The van der Waals surface area contributed by atoms with E-state index in [1.54, 1.807) is 0 Å². The summed E-state index contributed by atoms with van der Waals surface area (Å²) in [4.78, 5) is 2.07. The van der Waals surface area contributed by atoms with Crippen LogP contribution in [0.25, 0.3) is 0 Å². The highest BCUT2D eigenvalue weighted by molar-refractivity contribution is 5.21. The summed E-state index contributed by atoms with van der Waals surface area (Å²) >= 11 is 0. The number of nitriles is 1. The Morgan fingerprint density at radius 1 is 1.33 bits per heavy atom. The van der Waals surface area contributed by atoms with Gasteiger partial charge in [-0.3, -0.25) is 4.90 Å². The number of likely N-dealkylation sites (N-methyl/N-ethyl adjacent to an activating group) is 1. The molecule has 0 spiro atoms. The fourth-order valence-electron chi connectivity index (χ4n) is 1.35. The van der Waals surface area contributed by atoms with Gasteiger partial charge in [0.15, 0.2) is 0 Å². The zero-order valence-corrected chi connectivity index (χ0v) is 9.70. The molecule has 1 aromatic rings. The van der Waals surface area contributed by atoms with Gasteiger partial charge in [0.05, 0.1) is 12.1 Å². The van der Waals surface area contributed by atoms with Crippen molar-refractivity contribution in [3.8, 4) is 6.07 Å². The van der Waals surface area contributed by atoms with Gasteiger partial charge in [-0.25, -0.2) is 0 Å². The molecule has 1 rings (SSSR count). The Hall–Kier alpha value is -1.33. The molecule has 2 nitrogen and oxygen atoms in total. The highest BCUT2D eigenvalue weighted by Crippen LogP contribution is 2.05. The maximum atomic E-state index is 8.75. The molecule has 1 atom stereocenters. The molecule has 0 aliphatic heterocycles. The molecule has 0 saturated heterocycles. The van der Waals surface area contributed by atoms with Gasteiger partial charge in [0.1, 0.15) is 0 Å². The number of hydrogen-bond acceptors (Lipinski definition) is 2. The first kappa shape index (κ1) is 11.7. The Kier molecular flexibility index (Phi) is 4.33. The number of hydrogen-bond donors (Lipinski definition) is 0. The van der Waals surface area contributed by atoms with E-state index in [-0.39, 0.29) is 6.04 Å². The summed E-state index contributed by atoms with van der Waals surface area (Å²) in [5, 5.41) is 8.75. The van der Waals surface area contributed by atoms with E-state index in [4.69, 9.17) is 5.26 Å². The van der Waals surface area contributed by atoms with E-state index in [1.807, 2.05) is 14.0 Å². The molecule has 1 unspecified atom stereocenters. The number of aryl methyl sites for hydroxylation is 1. The Morgan fingerprint density at radius 3 is 2.47 bits per heavy atom. The van der Waals surface area contributed by atoms with Crippen molar-refractivity contribution in [3.05, 3.63) is 35.4 Å². The van der Waals surface area contributed by atoms with Gasteiger partial charge in [-0.15, -0.1) is 0 Å². The second-order valence-corrected chi connectivity index (χ2v) is 4.02. The average molecular weight is 202 g/mol. The molecule has 0 aromatic heterocycles. The van der Waals surface area contributed by atoms with Gasteiger partial charge in [-0.1, -0.05) is 29.8 Å². The Balaban J connectivity index is 2.44. The Labute approximate surface area is 92.1 Å². The van der Waals surface area contributed by atoms with Crippen LogP contribution in [0.4, 0.5) is 0 Å². The van der Waals surface area contributed by atoms with Gasteiger partial charge in [-0.05, 0) is 32.9 Å². The standard InChI is InChI=1S/C13H18N2/c1-11-4-6-13(7-5-11)8-9-15(3)12(2)10-14/h4-7,12H,8-9H2,1-3H3. The van der Waals surface area contributed by atoms with E-state index in [2.05, 4.69) is 42.2 Å². The van der Waals surface area contributed by atoms with Crippen molar-refractivity contribution >= 4 is 0 Å². The quantitative estimate of drug-likeness (QED) is 0.749. The molecule has 15 heavy (non-hydrogen) atoms. The maximum Gasteiger partial charge on any atom is 0.0946 e. The Morgan fingerprint density at radius 2 is 1.93 bits per heavy atom. The lowest BCUT2D eigenvalue weighted by molar-refractivity contribution is 0.306. The van der Waals surface area contributed by atoms with E-state index in [0.29, 0.717) is 0 Å². The van der Waals surface area contributed by atoms with Gasteiger partial charge < -0.3 is 0 Å². The molecular weight excluding hydrogens is 184 g/mol. The molecule has 2 heteroatoms. The smallest absolute Gasteiger partial charge is 0.0946 e. The molecule has 0 aliphatic carbocycles. The normalized spacial score (nSPS) is 12.5. The average Bonchev–Trinajstić information content (AvgIpc) is 2.26. The van der Waals surface area contributed by atoms with Crippen molar-refractivity contribution in [2.45, 2.75) is 26.3 Å². The minimum Gasteiger partial charge on any atom is -0.291 e. The van der Waals surface area contributed by atoms with Crippen LogP contribution in [0.2, 0.25) is 0 Å². The minimum atomic E-state index is -0.00421. The van der Waals surface area contributed by atoms with Crippen LogP contribution in [0.3, 0.4) is 0 Å². The molecule has 1 aromatic carbocycles. The van der Waals surface area contributed by atoms with Crippen LogP contribution in [0.15, 0.2) is 24.3 Å². The first-order valence-corrected chi connectivity index (χ1v) is 5.29. The molecule has 0 aliphatic rings. The van der Waals surface area contributed by atoms with Gasteiger partial charge in [-0.2, -0.15) is 5.26 Å². The fraction of sp³-hybridized carbons (Fsp3) is 0.462. The van der Waals surface area contributed by atoms with E-state index >= 15 is 0 Å². The maximum absolute atomic E-state index is 8.75. The highest BCUT2D eigenvalue weighted by atomic mass is 15.1. The third kappa shape index (κ3) is 3.73. The lowest BCUT2D eigenvalue weighted by Gasteiger charge is -2.18. The topological polar surface area (TPSA) is 27.0 Å². The molecule has 0 heterocycles. The van der Waals surface area contributed by atoms with Crippen LogP contribution in [0.5, 0.6) is 0 Å². The summed E-state index contributed by atoms with van der Waals surface area (Å²) in [6, 6.07) is 10.8. The summed E-state index contributed by atoms with van der Waals surface area (Å²) in [6.07, 6.45) is 1.00. The van der Waals surface area contributed by atoms with E-state index in [0.717, 1.165) is 13.0 Å². The fourth-order valence-corrected chi connectivity index (χ4v) is 1.35. The summed E-state index contributed by atoms with van der Waals surface area (Å²) in [5.74, 6) is 0. The zero-order valence-electron chi connectivity index (χ0n) is 9.70. The second kappa shape index (κ2) is 5.53. The molecule has 80 valence electrons. The predicted octanol–water partition coefficient (Wildman–Crippen LogP) is 2.38. The number of benzene rings is 1. The SMILES string of the molecule is Cc1ccc(CCN(C)C(C)C#N)cc1. The van der Waals surface area contributed by atoms with Crippen molar-refractivity contribution < 1.29 is 0 Å². The lowest BCUT2D eigenvalue weighted by atomic mass is 10.1. The molecule has 0 bridgehead atoms. The van der Waals surface area contributed by atoms with Gasteiger partial charge in [0, 0.05) is 6.54 Å². The van der Waals surface area contributed by atoms with Gasteiger partial charge >= 0.3 is 0 Å². The third-order valence-corrected chi connectivity index (χ3v) is 2.72. The van der Waals surface area contributed by atoms with Crippen molar-refractivity contribution in [1.82, 2.24) is 4.90 Å². The molecule has 0 fully saturated rings.